The summed E-state index contributed by atoms with van der Waals surface area (Å²) in [7, 11) is 0. The lowest BCUT2D eigenvalue weighted by atomic mass is 9.49. The maximum atomic E-state index is 10.7. The van der Waals surface area contributed by atoms with Crippen LogP contribution in [0.15, 0.2) is 0 Å². The minimum Gasteiger partial charge on any atom is -0.481 e. The molecule has 0 heterocycles. The van der Waals surface area contributed by atoms with Gasteiger partial charge in [0.2, 0.25) is 0 Å². The van der Waals surface area contributed by atoms with Gasteiger partial charge >= 0.3 is 5.97 Å². The summed E-state index contributed by atoms with van der Waals surface area (Å²) in [4.78, 5) is 13.1. The summed E-state index contributed by atoms with van der Waals surface area (Å²) in [5.41, 5.74) is 0.630. The fourth-order valence-corrected chi connectivity index (χ4v) is 5.67. The molecule has 4 aliphatic rings. The highest BCUT2D eigenvalue weighted by molar-refractivity contribution is 5.66. The molecule has 0 aromatic heterocycles. The van der Waals surface area contributed by atoms with Crippen LogP contribution < -0.4 is 0 Å². The zero-order chi connectivity index (χ0) is 14.2. The Labute approximate surface area is 122 Å². The summed E-state index contributed by atoms with van der Waals surface area (Å²) in [6, 6.07) is 0. The molecule has 0 aromatic rings. The van der Waals surface area contributed by atoms with Gasteiger partial charge in [-0.05, 0) is 81.2 Å². The van der Waals surface area contributed by atoms with E-state index in [1.54, 1.807) is 0 Å². The van der Waals surface area contributed by atoms with Gasteiger partial charge in [0.15, 0.2) is 0 Å². The molecular formula is C17H29NO2. The Bertz CT molecular complexity index is 331. The number of aliphatic carboxylic acids is 1. The van der Waals surface area contributed by atoms with Gasteiger partial charge in [-0.15, -0.1) is 0 Å². The molecule has 3 nitrogen and oxygen atoms in total. The van der Waals surface area contributed by atoms with Crippen molar-refractivity contribution in [1.29, 1.82) is 0 Å². The number of hydrogen-bond acceptors (Lipinski definition) is 2. The van der Waals surface area contributed by atoms with Crippen molar-refractivity contribution in [3.05, 3.63) is 0 Å². The van der Waals surface area contributed by atoms with Crippen LogP contribution in [0.3, 0.4) is 0 Å². The van der Waals surface area contributed by atoms with Crippen molar-refractivity contribution in [2.24, 2.45) is 23.2 Å². The van der Waals surface area contributed by atoms with Gasteiger partial charge in [-0.1, -0.05) is 6.92 Å². The number of carboxylic acid groups (broad SMARTS) is 1. The lowest BCUT2D eigenvalue weighted by Gasteiger charge is -2.57. The maximum Gasteiger partial charge on any atom is 0.304 e. The zero-order valence-electron chi connectivity index (χ0n) is 12.8. The third-order valence-electron chi connectivity index (χ3n) is 6.21. The first-order valence-electron chi connectivity index (χ1n) is 8.53. The molecule has 4 saturated carbocycles. The summed E-state index contributed by atoms with van der Waals surface area (Å²) in [5.74, 6) is 2.40. The van der Waals surface area contributed by atoms with Gasteiger partial charge in [-0.25, -0.2) is 0 Å². The zero-order valence-corrected chi connectivity index (χ0v) is 12.8. The third kappa shape index (κ3) is 3.03. The summed E-state index contributed by atoms with van der Waals surface area (Å²) < 4.78 is 0. The van der Waals surface area contributed by atoms with Crippen LogP contribution in [0.2, 0.25) is 0 Å². The largest absolute Gasteiger partial charge is 0.481 e. The van der Waals surface area contributed by atoms with E-state index in [-0.39, 0.29) is 6.42 Å². The summed E-state index contributed by atoms with van der Waals surface area (Å²) >= 11 is 0. The fraction of sp³-hybridized carbons (Fsp3) is 0.941. The Morgan fingerprint density at radius 2 is 1.65 bits per heavy atom. The molecule has 0 aromatic carbocycles. The van der Waals surface area contributed by atoms with Crippen LogP contribution in [0.25, 0.3) is 0 Å². The molecule has 0 spiro atoms. The van der Waals surface area contributed by atoms with Crippen LogP contribution in [0.5, 0.6) is 0 Å². The maximum absolute atomic E-state index is 10.7. The molecule has 114 valence electrons. The molecule has 4 rings (SSSR count). The van der Waals surface area contributed by atoms with E-state index in [2.05, 4.69) is 11.8 Å². The lowest BCUT2D eigenvalue weighted by molar-refractivity contribution is -0.137. The van der Waals surface area contributed by atoms with E-state index < -0.39 is 5.97 Å². The van der Waals surface area contributed by atoms with Gasteiger partial charge in [0.25, 0.3) is 0 Å². The van der Waals surface area contributed by atoms with Gasteiger partial charge in [0, 0.05) is 6.54 Å². The average Bonchev–Trinajstić information content (AvgIpc) is 2.37. The van der Waals surface area contributed by atoms with Gasteiger partial charge in [-0.3, -0.25) is 4.79 Å². The number of nitrogens with zero attached hydrogens (tertiary/aromatic N) is 1. The molecule has 4 bridgehead atoms. The normalized spacial score (nSPS) is 38.6. The van der Waals surface area contributed by atoms with E-state index in [1.165, 1.54) is 44.9 Å². The fourth-order valence-electron chi connectivity index (χ4n) is 5.67. The highest BCUT2D eigenvalue weighted by atomic mass is 16.4. The molecule has 1 N–H and O–H groups in total. The van der Waals surface area contributed by atoms with Gasteiger partial charge in [-0.2, -0.15) is 0 Å². The molecule has 0 amide bonds. The summed E-state index contributed by atoms with van der Waals surface area (Å²) in [5, 5.41) is 8.83. The van der Waals surface area contributed by atoms with Gasteiger partial charge in [0.05, 0.1) is 6.42 Å². The van der Waals surface area contributed by atoms with Gasteiger partial charge < -0.3 is 10.0 Å². The molecular weight excluding hydrogens is 250 g/mol. The quantitative estimate of drug-likeness (QED) is 0.776. The van der Waals surface area contributed by atoms with Crippen molar-refractivity contribution in [1.82, 2.24) is 4.90 Å². The van der Waals surface area contributed by atoms with E-state index >= 15 is 0 Å². The average molecular weight is 279 g/mol. The predicted octanol–water partition coefficient (Wildman–Crippen LogP) is 3.39. The Morgan fingerprint density at radius 1 is 1.10 bits per heavy atom. The Hall–Kier alpha value is -0.570. The van der Waals surface area contributed by atoms with Crippen LogP contribution in [0.4, 0.5) is 0 Å². The van der Waals surface area contributed by atoms with E-state index in [9.17, 15) is 4.79 Å². The third-order valence-corrected chi connectivity index (χ3v) is 6.21. The second-order valence-corrected chi connectivity index (χ2v) is 7.75. The van der Waals surface area contributed by atoms with Crippen LogP contribution in [0, 0.1) is 23.2 Å². The molecule has 4 aliphatic carbocycles. The van der Waals surface area contributed by atoms with Crippen molar-refractivity contribution < 1.29 is 9.90 Å². The standard InChI is InChI=1S/C17H29NO2/c1-2-18(5-3-16(19)20)6-4-17-10-13-7-14(11-17)9-15(8-13)12-17/h13-15H,2-12H2,1H3,(H,19,20). The first-order valence-corrected chi connectivity index (χ1v) is 8.53. The van der Waals surface area contributed by atoms with E-state index in [0.29, 0.717) is 5.41 Å². The highest BCUT2D eigenvalue weighted by Crippen LogP contribution is 2.61. The molecule has 3 heteroatoms. The first kappa shape index (κ1) is 14.4. The SMILES string of the molecule is CCN(CCC(=O)O)CCC12CC3CC(CC(C3)C1)C2. The molecule has 0 saturated heterocycles. The molecule has 0 radical (unpaired) electrons. The molecule has 0 unspecified atom stereocenters. The lowest BCUT2D eigenvalue weighted by Crippen LogP contribution is -2.47. The molecule has 0 aliphatic heterocycles. The smallest absolute Gasteiger partial charge is 0.304 e. The van der Waals surface area contributed by atoms with E-state index in [0.717, 1.165) is 37.4 Å². The summed E-state index contributed by atoms with van der Waals surface area (Å²) in [6.45, 7) is 4.97. The monoisotopic (exact) mass is 279 g/mol. The van der Waals surface area contributed by atoms with Crippen LogP contribution in [0.1, 0.15) is 58.3 Å². The molecule has 0 atom stereocenters. The molecule has 4 fully saturated rings. The van der Waals surface area contributed by atoms with Gasteiger partial charge in [0.1, 0.15) is 0 Å². The summed E-state index contributed by atoms with van der Waals surface area (Å²) in [6.07, 6.45) is 10.5. The number of carboxylic acids is 1. The second-order valence-electron chi connectivity index (χ2n) is 7.75. The van der Waals surface area contributed by atoms with Crippen LogP contribution in [-0.2, 0) is 4.79 Å². The first-order chi connectivity index (χ1) is 9.58. The molecule has 20 heavy (non-hydrogen) atoms. The number of rotatable bonds is 7. The van der Waals surface area contributed by atoms with Crippen LogP contribution in [-0.4, -0.2) is 35.6 Å². The topological polar surface area (TPSA) is 40.5 Å². The second kappa shape index (κ2) is 5.67. The highest BCUT2D eigenvalue weighted by Gasteiger charge is 2.50. The van der Waals surface area contributed by atoms with Crippen molar-refractivity contribution in [2.75, 3.05) is 19.6 Å². The number of carbonyl (C=O) groups is 1. The van der Waals surface area contributed by atoms with E-state index in [1.807, 2.05) is 0 Å². The van der Waals surface area contributed by atoms with E-state index in [4.69, 9.17) is 5.11 Å². The Kier molecular flexibility index (Phi) is 4.07. The minimum absolute atomic E-state index is 0.286. The van der Waals surface area contributed by atoms with Crippen molar-refractivity contribution >= 4 is 5.97 Å². The Morgan fingerprint density at radius 3 is 2.10 bits per heavy atom. The minimum atomic E-state index is -0.668. The van der Waals surface area contributed by atoms with Crippen molar-refractivity contribution in [2.45, 2.75) is 58.3 Å². The number of hydrogen-bond donors (Lipinski definition) is 1. The Balaban J connectivity index is 1.53. The van der Waals surface area contributed by atoms with Crippen LogP contribution >= 0.6 is 0 Å². The van der Waals surface area contributed by atoms with Crippen molar-refractivity contribution in [3.63, 3.8) is 0 Å². The van der Waals surface area contributed by atoms with Crippen molar-refractivity contribution in [3.8, 4) is 0 Å². The predicted molar refractivity (Wildman–Crippen MR) is 79.6 cm³/mol.